The summed E-state index contributed by atoms with van der Waals surface area (Å²) < 4.78 is 0. The van der Waals surface area contributed by atoms with Gasteiger partial charge < -0.3 is 10.1 Å². The normalized spacial score (nSPS) is 10.9. The third-order valence-electron chi connectivity index (χ3n) is 2.46. The Kier molecular flexibility index (Phi) is 1.76. The van der Waals surface area contributed by atoms with Crippen LogP contribution in [0.5, 0.6) is 5.75 Å². The van der Waals surface area contributed by atoms with Crippen molar-refractivity contribution in [2.75, 3.05) is 0 Å². The Morgan fingerprint density at radius 1 is 1.38 bits per heavy atom. The number of phenolic OH excluding ortho intramolecular Hbond substituents is 1. The van der Waals surface area contributed by atoms with Crippen molar-refractivity contribution in [2.24, 2.45) is 0 Å². The Morgan fingerprint density at radius 3 is 2.85 bits per heavy atom. The van der Waals surface area contributed by atoms with E-state index in [1.165, 1.54) is 11.3 Å². The highest BCUT2D eigenvalue weighted by atomic mass is 16.3. The number of phenols is 1. The highest BCUT2D eigenvalue weighted by Crippen LogP contribution is 2.25. The maximum atomic E-state index is 9.35. The standard InChI is InChI=1S/C11H13NO/c1-3-9-7(2)12-11-5-4-8(13)6-10(9)11/h4-6,12-13H,3H2,1-2H3. The summed E-state index contributed by atoms with van der Waals surface area (Å²) in [4.78, 5) is 3.29. The number of hydrogen-bond donors (Lipinski definition) is 2. The van der Waals surface area contributed by atoms with Gasteiger partial charge in [-0.3, -0.25) is 0 Å². The van der Waals surface area contributed by atoms with Crippen molar-refractivity contribution in [3.05, 3.63) is 29.5 Å². The van der Waals surface area contributed by atoms with Crippen molar-refractivity contribution >= 4 is 10.9 Å². The second kappa shape index (κ2) is 2.80. The van der Waals surface area contributed by atoms with Crippen LogP contribution in [-0.4, -0.2) is 10.1 Å². The topological polar surface area (TPSA) is 36.0 Å². The molecule has 2 heteroatoms. The zero-order chi connectivity index (χ0) is 9.42. The number of fused-ring (bicyclic) bond motifs is 1. The number of aryl methyl sites for hydroxylation is 2. The van der Waals surface area contributed by atoms with Gasteiger partial charge in [0.2, 0.25) is 0 Å². The SMILES string of the molecule is CCc1c(C)[nH]c2ccc(O)cc12. The largest absolute Gasteiger partial charge is 0.508 e. The van der Waals surface area contributed by atoms with Gasteiger partial charge in [0.15, 0.2) is 0 Å². The number of nitrogens with one attached hydrogen (secondary N) is 1. The van der Waals surface area contributed by atoms with E-state index >= 15 is 0 Å². The molecule has 0 saturated carbocycles. The van der Waals surface area contributed by atoms with Gasteiger partial charge in [-0.15, -0.1) is 0 Å². The van der Waals surface area contributed by atoms with Crippen molar-refractivity contribution in [1.29, 1.82) is 0 Å². The number of aromatic hydroxyl groups is 1. The molecule has 0 bridgehead atoms. The Balaban J connectivity index is 2.80. The number of aromatic nitrogens is 1. The maximum absolute atomic E-state index is 9.35. The monoisotopic (exact) mass is 175 g/mol. The quantitative estimate of drug-likeness (QED) is 0.686. The minimum absolute atomic E-state index is 0.334. The summed E-state index contributed by atoms with van der Waals surface area (Å²) in [5.41, 5.74) is 3.60. The van der Waals surface area contributed by atoms with Crippen LogP contribution in [0.3, 0.4) is 0 Å². The molecule has 2 rings (SSSR count). The van der Waals surface area contributed by atoms with E-state index in [1.54, 1.807) is 6.07 Å². The average Bonchev–Trinajstić information content (AvgIpc) is 2.40. The molecule has 0 saturated heterocycles. The fourth-order valence-corrected chi connectivity index (χ4v) is 1.83. The first kappa shape index (κ1) is 8.17. The lowest BCUT2D eigenvalue weighted by Gasteiger charge is -1.95. The summed E-state index contributed by atoms with van der Waals surface area (Å²) in [7, 11) is 0. The fourth-order valence-electron chi connectivity index (χ4n) is 1.83. The van der Waals surface area contributed by atoms with Gasteiger partial charge in [-0.2, -0.15) is 0 Å². The average molecular weight is 175 g/mol. The molecule has 68 valence electrons. The third kappa shape index (κ3) is 1.18. The molecule has 2 aromatic rings. The van der Waals surface area contributed by atoms with Crippen molar-refractivity contribution in [3.8, 4) is 5.75 Å². The zero-order valence-electron chi connectivity index (χ0n) is 7.89. The van der Waals surface area contributed by atoms with Gasteiger partial charge in [0.25, 0.3) is 0 Å². The maximum Gasteiger partial charge on any atom is 0.116 e. The van der Waals surface area contributed by atoms with Gasteiger partial charge >= 0.3 is 0 Å². The molecule has 0 unspecified atom stereocenters. The van der Waals surface area contributed by atoms with E-state index in [9.17, 15) is 5.11 Å². The number of rotatable bonds is 1. The highest BCUT2D eigenvalue weighted by molar-refractivity contribution is 5.85. The van der Waals surface area contributed by atoms with Crippen LogP contribution in [0.4, 0.5) is 0 Å². The van der Waals surface area contributed by atoms with Gasteiger partial charge in [0.05, 0.1) is 0 Å². The Hall–Kier alpha value is -1.44. The molecule has 1 heterocycles. The lowest BCUT2D eigenvalue weighted by molar-refractivity contribution is 0.476. The third-order valence-corrected chi connectivity index (χ3v) is 2.46. The van der Waals surface area contributed by atoms with Crippen molar-refractivity contribution in [1.82, 2.24) is 4.98 Å². The molecule has 2 nitrogen and oxygen atoms in total. The molecule has 0 fully saturated rings. The number of aromatic amines is 1. The molecule has 0 aliphatic rings. The molecule has 0 spiro atoms. The van der Waals surface area contributed by atoms with Crippen LogP contribution in [0.15, 0.2) is 18.2 Å². The fraction of sp³-hybridized carbons (Fsp3) is 0.273. The molecule has 1 aromatic carbocycles. The van der Waals surface area contributed by atoms with E-state index < -0.39 is 0 Å². The Morgan fingerprint density at radius 2 is 2.15 bits per heavy atom. The van der Waals surface area contributed by atoms with Gasteiger partial charge in [0, 0.05) is 16.6 Å². The van der Waals surface area contributed by atoms with Crippen LogP contribution in [0.25, 0.3) is 10.9 Å². The van der Waals surface area contributed by atoms with E-state index in [0.29, 0.717) is 5.75 Å². The predicted molar refractivity (Wildman–Crippen MR) is 54.1 cm³/mol. The Labute approximate surface area is 77.2 Å². The molecular formula is C11H13NO. The van der Waals surface area contributed by atoms with Crippen molar-refractivity contribution in [2.45, 2.75) is 20.3 Å². The van der Waals surface area contributed by atoms with Crippen LogP contribution in [0, 0.1) is 6.92 Å². The van der Waals surface area contributed by atoms with E-state index in [1.807, 2.05) is 12.1 Å². The van der Waals surface area contributed by atoms with Crippen LogP contribution in [-0.2, 0) is 6.42 Å². The number of H-pyrrole nitrogens is 1. The number of benzene rings is 1. The lowest BCUT2D eigenvalue weighted by atomic mass is 10.1. The lowest BCUT2D eigenvalue weighted by Crippen LogP contribution is -1.80. The summed E-state index contributed by atoms with van der Waals surface area (Å²) in [6.45, 7) is 4.19. The number of hydrogen-bond acceptors (Lipinski definition) is 1. The minimum Gasteiger partial charge on any atom is -0.508 e. The summed E-state index contributed by atoms with van der Waals surface area (Å²) in [5, 5.41) is 10.5. The smallest absolute Gasteiger partial charge is 0.116 e. The van der Waals surface area contributed by atoms with Crippen LogP contribution in [0.1, 0.15) is 18.2 Å². The molecule has 0 atom stereocenters. The molecule has 1 aromatic heterocycles. The summed E-state index contributed by atoms with van der Waals surface area (Å²) in [6, 6.07) is 5.44. The van der Waals surface area contributed by atoms with Crippen LogP contribution >= 0.6 is 0 Å². The zero-order valence-corrected chi connectivity index (χ0v) is 7.89. The Bertz CT molecular complexity index is 443. The predicted octanol–water partition coefficient (Wildman–Crippen LogP) is 2.74. The molecular weight excluding hydrogens is 162 g/mol. The molecule has 0 radical (unpaired) electrons. The van der Waals surface area contributed by atoms with Gasteiger partial charge in [-0.1, -0.05) is 6.92 Å². The van der Waals surface area contributed by atoms with Gasteiger partial charge in [0.1, 0.15) is 5.75 Å². The molecule has 0 amide bonds. The molecule has 0 aliphatic carbocycles. The first-order valence-electron chi connectivity index (χ1n) is 4.52. The van der Waals surface area contributed by atoms with Crippen LogP contribution in [0.2, 0.25) is 0 Å². The summed E-state index contributed by atoms with van der Waals surface area (Å²) in [6.07, 6.45) is 0.995. The summed E-state index contributed by atoms with van der Waals surface area (Å²) in [5.74, 6) is 0.334. The van der Waals surface area contributed by atoms with E-state index in [4.69, 9.17) is 0 Å². The van der Waals surface area contributed by atoms with Crippen LogP contribution < -0.4 is 0 Å². The van der Waals surface area contributed by atoms with E-state index in [0.717, 1.165) is 17.3 Å². The second-order valence-corrected chi connectivity index (χ2v) is 3.31. The second-order valence-electron chi connectivity index (χ2n) is 3.31. The molecule has 0 aliphatic heterocycles. The van der Waals surface area contributed by atoms with Gasteiger partial charge in [-0.05, 0) is 37.1 Å². The molecule has 13 heavy (non-hydrogen) atoms. The highest BCUT2D eigenvalue weighted by Gasteiger charge is 2.06. The minimum atomic E-state index is 0.334. The van der Waals surface area contributed by atoms with Crippen molar-refractivity contribution < 1.29 is 5.11 Å². The molecule has 2 N–H and O–H groups in total. The van der Waals surface area contributed by atoms with E-state index in [-0.39, 0.29) is 0 Å². The first-order valence-corrected chi connectivity index (χ1v) is 4.52. The first-order chi connectivity index (χ1) is 6.22. The van der Waals surface area contributed by atoms with Gasteiger partial charge in [-0.25, -0.2) is 0 Å². The van der Waals surface area contributed by atoms with E-state index in [2.05, 4.69) is 18.8 Å². The summed E-state index contributed by atoms with van der Waals surface area (Å²) >= 11 is 0. The van der Waals surface area contributed by atoms with Crippen molar-refractivity contribution in [3.63, 3.8) is 0 Å².